The van der Waals surface area contributed by atoms with Crippen LogP contribution in [0.4, 0.5) is 0 Å². The first-order chi connectivity index (χ1) is 9.24. The number of aryl methyl sites for hydroxylation is 1. The van der Waals surface area contributed by atoms with E-state index < -0.39 is 0 Å². The molecular weight excluding hydrogens is 238 g/mol. The number of hydrazine groups is 1. The molecule has 2 heterocycles. The lowest BCUT2D eigenvalue weighted by Gasteiger charge is -2.48. The van der Waals surface area contributed by atoms with Crippen molar-refractivity contribution in [3.63, 3.8) is 0 Å². The maximum Gasteiger partial charge on any atom is 0.0686 e. The quantitative estimate of drug-likeness (QED) is 0.647. The molecule has 0 aromatic carbocycles. The van der Waals surface area contributed by atoms with E-state index in [9.17, 15) is 0 Å². The van der Waals surface area contributed by atoms with Gasteiger partial charge in [0, 0.05) is 18.5 Å². The van der Waals surface area contributed by atoms with Gasteiger partial charge in [-0.15, -0.1) is 0 Å². The summed E-state index contributed by atoms with van der Waals surface area (Å²) in [4.78, 5) is 4.39. The monoisotopic (exact) mass is 261 g/mol. The second-order valence-corrected chi connectivity index (χ2v) is 5.96. The van der Waals surface area contributed by atoms with E-state index in [1.807, 2.05) is 12.3 Å². The highest BCUT2D eigenvalue weighted by atomic mass is 16.5. The lowest BCUT2D eigenvalue weighted by atomic mass is 9.69. The van der Waals surface area contributed by atoms with Gasteiger partial charge in [0.1, 0.15) is 0 Å². The Morgan fingerprint density at radius 2 is 2.37 bits per heavy atom. The molecule has 1 saturated carbocycles. The SMILES string of the molecule is Cc1ncccc1C(NN)C1CCOC2(CCC2)C1. The lowest BCUT2D eigenvalue weighted by molar-refractivity contribution is -0.147. The molecule has 0 radical (unpaired) electrons. The average molecular weight is 261 g/mol. The van der Waals surface area contributed by atoms with Gasteiger partial charge >= 0.3 is 0 Å². The standard InChI is InChI=1S/C15H23N3O/c1-11-13(4-2-8-17-11)14(18-16)12-5-9-19-15(10-12)6-3-7-15/h2,4,8,12,14,18H,3,5-7,9-10,16H2,1H3. The summed E-state index contributed by atoms with van der Waals surface area (Å²) in [6.07, 6.45) is 7.77. The molecule has 19 heavy (non-hydrogen) atoms. The zero-order valence-electron chi connectivity index (χ0n) is 11.6. The maximum absolute atomic E-state index is 6.01. The minimum Gasteiger partial charge on any atom is -0.375 e. The molecule has 1 aromatic heterocycles. The minimum absolute atomic E-state index is 0.161. The van der Waals surface area contributed by atoms with Crippen LogP contribution < -0.4 is 11.3 Å². The first-order valence-electron chi connectivity index (χ1n) is 7.26. The predicted molar refractivity (Wildman–Crippen MR) is 74.3 cm³/mol. The Morgan fingerprint density at radius 1 is 1.53 bits per heavy atom. The van der Waals surface area contributed by atoms with Crippen LogP contribution in [0.3, 0.4) is 0 Å². The number of ether oxygens (including phenoxy) is 1. The molecule has 2 unspecified atom stereocenters. The van der Waals surface area contributed by atoms with Crippen LogP contribution in [0.5, 0.6) is 0 Å². The molecular formula is C15H23N3O. The van der Waals surface area contributed by atoms with Crippen molar-refractivity contribution in [1.82, 2.24) is 10.4 Å². The summed E-state index contributed by atoms with van der Waals surface area (Å²) in [5.74, 6) is 6.38. The van der Waals surface area contributed by atoms with Gasteiger partial charge in [-0.05, 0) is 56.6 Å². The number of hydrogen-bond acceptors (Lipinski definition) is 4. The third-order valence-corrected chi connectivity index (χ3v) is 4.83. The number of nitrogens with one attached hydrogen (secondary N) is 1. The summed E-state index contributed by atoms with van der Waals surface area (Å²) in [7, 11) is 0. The van der Waals surface area contributed by atoms with Crippen molar-refractivity contribution in [2.45, 2.75) is 50.7 Å². The van der Waals surface area contributed by atoms with Crippen LogP contribution in [-0.2, 0) is 4.74 Å². The summed E-state index contributed by atoms with van der Waals surface area (Å²) in [5.41, 5.74) is 5.48. The van der Waals surface area contributed by atoms with Crippen molar-refractivity contribution in [3.05, 3.63) is 29.6 Å². The first kappa shape index (κ1) is 13.0. The Balaban J connectivity index is 1.80. The summed E-state index contributed by atoms with van der Waals surface area (Å²) in [5, 5.41) is 0. The van der Waals surface area contributed by atoms with Gasteiger partial charge in [-0.1, -0.05) is 6.07 Å². The van der Waals surface area contributed by atoms with Crippen LogP contribution in [0.25, 0.3) is 0 Å². The summed E-state index contributed by atoms with van der Waals surface area (Å²) in [6.45, 7) is 2.92. The highest BCUT2D eigenvalue weighted by Gasteiger charge is 2.44. The Kier molecular flexibility index (Phi) is 3.56. The molecule has 1 saturated heterocycles. The zero-order chi connectivity index (χ0) is 13.3. The van der Waals surface area contributed by atoms with Crippen LogP contribution in [0, 0.1) is 12.8 Å². The van der Waals surface area contributed by atoms with Crippen molar-refractivity contribution in [2.24, 2.45) is 11.8 Å². The highest BCUT2D eigenvalue weighted by Crippen LogP contribution is 2.47. The van der Waals surface area contributed by atoms with E-state index in [0.29, 0.717) is 5.92 Å². The largest absolute Gasteiger partial charge is 0.375 e. The van der Waals surface area contributed by atoms with Gasteiger partial charge < -0.3 is 4.74 Å². The Hall–Kier alpha value is -0.970. The van der Waals surface area contributed by atoms with Crippen molar-refractivity contribution in [1.29, 1.82) is 0 Å². The van der Waals surface area contributed by atoms with Gasteiger partial charge in [0.05, 0.1) is 11.6 Å². The number of aromatic nitrogens is 1. The molecule has 3 N–H and O–H groups in total. The van der Waals surface area contributed by atoms with Gasteiger partial charge in [-0.3, -0.25) is 16.3 Å². The summed E-state index contributed by atoms with van der Waals surface area (Å²) < 4.78 is 6.01. The molecule has 0 bridgehead atoms. The normalized spacial score (nSPS) is 26.9. The van der Waals surface area contributed by atoms with Crippen LogP contribution in [0.1, 0.15) is 49.4 Å². The van der Waals surface area contributed by atoms with E-state index in [-0.39, 0.29) is 11.6 Å². The predicted octanol–water partition coefficient (Wildman–Crippen LogP) is 2.24. The number of rotatable bonds is 3. The summed E-state index contributed by atoms with van der Waals surface area (Å²) in [6, 6.07) is 4.32. The lowest BCUT2D eigenvalue weighted by Crippen LogP contribution is -2.48. The molecule has 104 valence electrons. The van der Waals surface area contributed by atoms with Crippen LogP contribution in [0.2, 0.25) is 0 Å². The second kappa shape index (κ2) is 5.19. The number of pyridine rings is 1. The van der Waals surface area contributed by atoms with Crippen LogP contribution in [-0.4, -0.2) is 17.2 Å². The first-order valence-corrected chi connectivity index (χ1v) is 7.26. The van der Waals surface area contributed by atoms with E-state index in [1.165, 1.54) is 24.8 Å². The number of nitrogens with zero attached hydrogens (tertiary/aromatic N) is 1. The third-order valence-electron chi connectivity index (χ3n) is 4.83. The molecule has 1 aliphatic carbocycles. The molecule has 1 aliphatic heterocycles. The molecule has 4 nitrogen and oxygen atoms in total. The number of nitrogens with two attached hydrogens (primary N) is 1. The van der Waals surface area contributed by atoms with Crippen molar-refractivity contribution in [2.75, 3.05) is 6.61 Å². The van der Waals surface area contributed by atoms with E-state index in [4.69, 9.17) is 10.6 Å². The van der Waals surface area contributed by atoms with Crippen molar-refractivity contribution >= 4 is 0 Å². The molecule has 4 heteroatoms. The fourth-order valence-corrected chi connectivity index (χ4v) is 3.57. The van der Waals surface area contributed by atoms with E-state index in [0.717, 1.165) is 25.1 Å². The zero-order valence-corrected chi connectivity index (χ0v) is 11.6. The fraction of sp³-hybridized carbons (Fsp3) is 0.667. The second-order valence-electron chi connectivity index (χ2n) is 5.96. The topological polar surface area (TPSA) is 60.2 Å². The van der Waals surface area contributed by atoms with Crippen LogP contribution >= 0.6 is 0 Å². The summed E-state index contributed by atoms with van der Waals surface area (Å²) >= 11 is 0. The molecule has 1 spiro atoms. The Labute approximate surface area is 114 Å². The van der Waals surface area contributed by atoms with Crippen LogP contribution in [0.15, 0.2) is 18.3 Å². The molecule has 2 atom stereocenters. The average Bonchev–Trinajstić information content (AvgIpc) is 2.40. The molecule has 2 aliphatic rings. The maximum atomic E-state index is 6.01. The Morgan fingerprint density at radius 3 is 3.00 bits per heavy atom. The Bertz CT molecular complexity index is 445. The van der Waals surface area contributed by atoms with Gasteiger partial charge in [0.2, 0.25) is 0 Å². The highest BCUT2D eigenvalue weighted by molar-refractivity contribution is 5.23. The molecule has 2 fully saturated rings. The molecule has 3 rings (SSSR count). The smallest absolute Gasteiger partial charge is 0.0686 e. The minimum atomic E-state index is 0.161. The van der Waals surface area contributed by atoms with Gasteiger partial charge in [0.15, 0.2) is 0 Å². The van der Waals surface area contributed by atoms with Crippen molar-refractivity contribution in [3.8, 4) is 0 Å². The van der Waals surface area contributed by atoms with Gasteiger partial charge in [0.25, 0.3) is 0 Å². The number of hydrogen-bond donors (Lipinski definition) is 2. The van der Waals surface area contributed by atoms with E-state index in [1.54, 1.807) is 0 Å². The third kappa shape index (κ3) is 2.40. The van der Waals surface area contributed by atoms with E-state index in [2.05, 4.69) is 23.4 Å². The molecule has 0 amide bonds. The fourth-order valence-electron chi connectivity index (χ4n) is 3.57. The van der Waals surface area contributed by atoms with Gasteiger partial charge in [-0.2, -0.15) is 0 Å². The van der Waals surface area contributed by atoms with E-state index >= 15 is 0 Å². The van der Waals surface area contributed by atoms with Gasteiger partial charge in [-0.25, -0.2) is 0 Å². The molecule has 1 aromatic rings. The van der Waals surface area contributed by atoms with Crippen molar-refractivity contribution < 1.29 is 4.74 Å².